The first-order valence-corrected chi connectivity index (χ1v) is 7.91. The van der Waals surface area contributed by atoms with Crippen LogP contribution in [0.25, 0.3) is 0 Å². The maximum absolute atomic E-state index is 12.8. The van der Waals surface area contributed by atoms with E-state index >= 15 is 0 Å². The SMILES string of the molecule is Cc1cc([C@@H](C)C(=O)N2CCC[C@@H](n3cccn3)C2)c(C)o1. The van der Waals surface area contributed by atoms with Crippen molar-refractivity contribution in [3.05, 3.63) is 41.6 Å². The number of piperidine rings is 1. The number of hydrogen-bond acceptors (Lipinski definition) is 3. The third-order valence-electron chi connectivity index (χ3n) is 4.52. The van der Waals surface area contributed by atoms with Crippen LogP contribution in [-0.4, -0.2) is 33.7 Å². The van der Waals surface area contributed by atoms with Gasteiger partial charge < -0.3 is 9.32 Å². The van der Waals surface area contributed by atoms with Crippen LogP contribution in [0.4, 0.5) is 0 Å². The molecule has 1 amide bonds. The van der Waals surface area contributed by atoms with E-state index in [9.17, 15) is 4.79 Å². The molecule has 2 aromatic rings. The van der Waals surface area contributed by atoms with Gasteiger partial charge in [0, 0.05) is 31.0 Å². The van der Waals surface area contributed by atoms with Gasteiger partial charge >= 0.3 is 0 Å². The number of nitrogens with zero attached hydrogens (tertiary/aromatic N) is 3. The number of carbonyl (C=O) groups excluding carboxylic acids is 1. The third kappa shape index (κ3) is 2.80. The molecule has 1 aliphatic rings. The van der Waals surface area contributed by atoms with Crippen LogP contribution in [0.5, 0.6) is 0 Å². The van der Waals surface area contributed by atoms with Gasteiger partial charge in [0.15, 0.2) is 0 Å². The quantitative estimate of drug-likeness (QED) is 0.875. The first kappa shape index (κ1) is 14.9. The van der Waals surface area contributed by atoms with Crippen molar-refractivity contribution in [2.24, 2.45) is 0 Å². The zero-order valence-electron chi connectivity index (χ0n) is 13.5. The van der Waals surface area contributed by atoms with Crippen LogP contribution in [0, 0.1) is 13.8 Å². The minimum atomic E-state index is -0.158. The van der Waals surface area contributed by atoms with Gasteiger partial charge in [0.1, 0.15) is 11.5 Å². The normalized spacial score (nSPS) is 20.1. The molecule has 118 valence electrons. The summed E-state index contributed by atoms with van der Waals surface area (Å²) in [6, 6.07) is 4.19. The number of amides is 1. The van der Waals surface area contributed by atoms with E-state index in [2.05, 4.69) is 5.10 Å². The van der Waals surface area contributed by atoms with E-state index in [4.69, 9.17) is 4.42 Å². The molecule has 3 heterocycles. The molecule has 5 heteroatoms. The molecule has 5 nitrogen and oxygen atoms in total. The molecule has 22 heavy (non-hydrogen) atoms. The Hall–Kier alpha value is -2.04. The minimum absolute atomic E-state index is 0.158. The summed E-state index contributed by atoms with van der Waals surface area (Å²) in [6.45, 7) is 7.38. The van der Waals surface area contributed by atoms with Gasteiger partial charge in [0.25, 0.3) is 0 Å². The van der Waals surface area contributed by atoms with Crippen molar-refractivity contribution < 1.29 is 9.21 Å². The average molecular weight is 301 g/mol. The van der Waals surface area contributed by atoms with Crippen LogP contribution in [0.2, 0.25) is 0 Å². The predicted molar refractivity (Wildman–Crippen MR) is 83.7 cm³/mol. The van der Waals surface area contributed by atoms with Crippen LogP contribution in [0.3, 0.4) is 0 Å². The highest BCUT2D eigenvalue weighted by Crippen LogP contribution is 2.28. The van der Waals surface area contributed by atoms with Crippen LogP contribution >= 0.6 is 0 Å². The molecule has 1 fully saturated rings. The van der Waals surface area contributed by atoms with Crippen molar-refractivity contribution in [2.75, 3.05) is 13.1 Å². The summed E-state index contributed by atoms with van der Waals surface area (Å²) in [7, 11) is 0. The van der Waals surface area contributed by atoms with Crippen molar-refractivity contribution in [3.63, 3.8) is 0 Å². The van der Waals surface area contributed by atoms with E-state index < -0.39 is 0 Å². The fourth-order valence-corrected chi connectivity index (χ4v) is 3.35. The highest BCUT2D eigenvalue weighted by molar-refractivity contribution is 5.83. The molecule has 2 aromatic heterocycles. The molecule has 0 N–H and O–H groups in total. The Labute approximate surface area is 130 Å². The van der Waals surface area contributed by atoms with Gasteiger partial charge in [-0.25, -0.2) is 0 Å². The van der Waals surface area contributed by atoms with Crippen molar-refractivity contribution in [2.45, 2.75) is 45.6 Å². The molecule has 0 spiro atoms. The fourth-order valence-electron chi connectivity index (χ4n) is 3.35. The lowest BCUT2D eigenvalue weighted by atomic mass is 9.97. The second-order valence-corrected chi connectivity index (χ2v) is 6.16. The molecule has 1 aliphatic heterocycles. The van der Waals surface area contributed by atoms with Crippen LogP contribution < -0.4 is 0 Å². The summed E-state index contributed by atoms with van der Waals surface area (Å²) in [4.78, 5) is 14.8. The summed E-state index contributed by atoms with van der Waals surface area (Å²) in [5.41, 5.74) is 1.00. The van der Waals surface area contributed by atoms with E-state index in [1.807, 2.05) is 48.7 Å². The first-order chi connectivity index (χ1) is 10.6. The van der Waals surface area contributed by atoms with Gasteiger partial charge in [-0.05, 0) is 45.7 Å². The van der Waals surface area contributed by atoms with Crippen molar-refractivity contribution in [1.82, 2.24) is 14.7 Å². The predicted octanol–water partition coefficient (Wildman–Crippen LogP) is 3.06. The van der Waals surface area contributed by atoms with Crippen molar-refractivity contribution in [1.29, 1.82) is 0 Å². The van der Waals surface area contributed by atoms with E-state index in [0.717, 1.165) is 43.0 Å². The Morgan fingerprint density at radius 3 is 2.91 bits per heavy atom. The summed E-state index contributed by atoms with van der Waals surface area (Å²) < 4.78 is 7.54. The second kappa shape index (κ2) is 5.99. The average Bonchev–Trinajstić information content (AvgIpc) is 3.15. The minimum Gasteiger partial charge on any atom is -0.466 e. The molecule has 0 saturated carbocycles. The summed E-state index contributed by atoms with van der Waals surface area (Å²) in [6.07, 6.45) is 5.86. The maximum Gasteiger partial charge on any atom is 0.230 e. The molecule has 0 unspecified atom stereocenters. The second-order valence-electron chi connectivity index (χ2n) is 6.16. The standard InChI is InChI=1S/C17H23N3O2/c1-12-10-16(14(3)22-12)13(2)17(21)19-8-4-6-15(11-19)20-9-5-7-18-20/h5,7,9-10,13,15H,4,6,8,11H2,1-3H3/t13-,15-/m1/s1. The van der Waals surface area contributed by atoms with Crippen molar-refractivity contribution >= 4 is 5.91 Å². The zero-order valence-corrected chi connectivity index (χ0v) is 13.5. The number of carbonyl (C=O) groups is 1. The van der Waals surface area contributed by atoms with E-state index in [-0.39, 0.29) is 17.9 Å². The Balaban J connectivity index is 1.72. The maximum atomic E-state index is 12.8. The summed E-state index contributed by atoms with van der Waals surface area (Å²) in [5, 5.41) is 4.32. The molecule has 0 bridgehead atoms. The van der Waals surface area contributed by atoms with Gasteiger partial charge in [-0.1, -0.05) is 0 Å². The fraction of sp³-hybridized carbons (Fsp3) is 0.529. The van der Waals surface area contributed by atoms with E-state index in [0.29, 0.717) is 0 Å². The Morgan fingerprint density at radius 1 is 1.45 bits per heavy atom. The molecule has 0 aromatic carbocycles. The van der Waals surface area contributed by atoms with Gasteiger partial charge in [0.05, 0.1) is 12.0 Å². The number of aromatic nitrogens is 2. The summed E-state index contributed by atoms with van der Waals surface area (Å²) >= 11 is 0. The monoisotopic (exact) mass is 301 g/mol. The molecule has 1 saturated heterocycles. The smallest absolute Gasteiger partial charge is 0.230 e. The van der Waals surface area contributed by atoms with E-state index in [1.54, 1.807) is 6.20 Å². The molecule has 3 rings (SSSR count). The Bertz CT molecular complexity index is 645. The molecule has 0 radical (unpaired) electrons. The topological polar surface area (TPSA) is 51.3 Å². The first-order valence-electron chi connectivity index (χ1n) is 7.91. The number of furan rings is 1. The van der Waals surface area contributed by atoms with E-state index in [1.165, 1.54) is 0 Å². The largest absolute Gasteiger partial charge is 0.466 e. The highest BCUT2D eigenvalue weighted by Gasteiger charge is 2.29. The summed E-state index contributed by atoms with van der Waals surface area (Å²) in [5.74, 6) is 1.73. The Kier molecular flexibility index (Phi) is 4.05. The highest BCUT2D eigenvalue weighted by atomic mass is 16.3. The third-order valence-corrected chi connectivity index (χ3v) is 4.52. The van der Waals surface area contributed by atoms with Crippen LogP contribution in [0.1, 0.15) is 48.8 Å². The zero-order chi connectivity index (χ0) is 15.7. The number of aryl methyl sites for hydroxylation is 2. The lowest BCUT2D eigenvalue weighted by Gasteiger charge is -2.34. The van der Waals surface area contributed by atoms with Gasteiger partial charge in [-0.3, -0.25) is 9.48 Å². The number of rotatable bonds is 3. The van der Waals surface area contributed by atoms with Gasteiger partial charge in [-0.2, -0.15) is 5.10 Å². The van der Waals surface area contributed by atoms with Crippen LogP contribution in [0.15, 0.2) is 28.9 Å². The van der Waals surface area contributed by atoms with Gasteiger partial charge in [0.2, 0.25) is 5.91 Å². The van der Waals surface area contributed by atoms with Crippen molar-refractivity contribution in [3.8, 4) is 0 Å². The molecule has 0 aliphatic carbocycles. The number of likely N-dealkylation sites (tertiary alicyclic amines) is 1. The lowest BCUT2D eigenvalue weighted by Crippen LogP contribution is -2.42. The molecule has 2 atom stereocenters. The van der Waals surface area contributed by atoms with Crippen LogP contribution in [-0.2, 0) is 4.79 Å². The Morgan fingerprint density at radius 2 is 2.27 bits per heavy atom. The lowest BCUT2D eigenvalue weighted by molar-refractivity contribution is -0.134. The molecular formula is C17H23N3O2. The number of hydrogen-bond donors (Lipinski definition) is 0. The van der Waals surface area contributed by atoms with Gasteiger partial charge in [-0.15, -0.1) is 0 Å². The molecular weight excluding hydrogens is 278 g/mol.